The van der Waals surface area contributed by atoms with Crippen molar-refractivity contribution in [3.8, 4) is 11.8 Å². The summed E-state index contributed by atoms with van der Waals surface area (Å²) in [6, 6.07) is 2.88. The third-order valence-corrected chi connectivity index (χ3v) is 5.60. The van der Waals surface area contributed by atoms with E-state index in [-0.39, 0.29) is 42.2 Å². The van der Waals surface area contributed by atoms with E-state index in [1.165, 1.54) is 26.4 Å². The standard InChI is InChI=1S/C22H20N2O7/c1-29-15-4-3-13-11-24(19(26)16(13)9-15)12-22(10-18(25)23-21(22)28)8-7-14-5-6-17(31-14)20(27)30-2/h3-6,9,13,16H,10-12H2,1-2H3,(H,23,25,28). The van der Waals surface area contributed by atoms with Crippen LogP contribution in [0.2, 0.25) is 0 Å². The van der Waals surface area contributed by atoms with Crippen LogP contribution in [-0.2, 0) is 23.9 Å². The van der Waals surface area contributed by atoms with Gasteiger partial charge in [0.1, 0.15) is 11.2 Å². The van der Waals surface area contributed by atoms with Crippen molar-refractivity contribution in [1.82, 2.24) is 10.2 Å². The van der Waals surface area contributed by atoms with Gasteiger partial charge in [-0.2, -0.15) is 0 Å². The highest BCUT2D eigenvalue weighted by Crippen LogP contribution is 2.36. The Morgan fingerprint density at radius 1 is 1.32 bits per heavy atom. The summed E-state index contributed by atoms with van der Waals surface area (Å²) in [5, 5.41) is 2.28. The molecule has 3 atom stereocenters. The molecule has 1 aromatic rings. The van der Waals surface area contributed by atoms with Gasteiger partial charge in [-0.3, -0.25) is 19.7 Å². The third kappa shape index (κ3) is 3.72. The topological polar surface area (TPSA) is 115 Å². The molecule has 1 N–H and O–H groups in total. The van der Waals surface area contributed by atoms with Crippen molar-refractivity contribution in [1.29, 1.82) is 0 Å². The van der Waals surface area contributed by atoms with Gasteiger partial charge in [0.2, 0.25) is 23.5 Å². The summed E-state index contributed by atoms with van der Waals surface area (Å²) in [7, 11) is 2.76. The Labute approximate surface area is 178 Å². The van der Waals surface area contributed by atoms with Crippen molar-refractivity contribution in [3.63, 3.8) is 0 Å². The lowest BCUT2D eigenvalue weighted by Crippen LogP contribution is -2.43. The van der Waals surface area contributed by atoms with Crippen molar-refractivity contribution in [2.75, 3.05) is 27.3 Å². The molecule has 2 saturated heterocycles. The molecule has 2 aliphatic heterocycles. The summed E-state index contributed by atoms with van der Waals surface area (Å²) < 4.78 is 15.1. The van der Waals surface area contributed by atoms with Crippen LogP contribution in [0.25, 0.3) is 0 Å². The number of hydrogen-bond acceptors (Lipinski definition) is 7. The van der Waals surface area contributed by atoms with Gasteiger partial charge in [0.05, 0.1) is 26.6 Å². The Morgan fingerprint density at radius 2 is 2.13 bits per heavy atom. The first-order valence-electron chi connectivity index (χ1n) is 9.63. The smallest absolute Gasteiger partial charge is 0.374 e. The van der Waals surface area contributed by atoms with Crippen molar-refractivity contribution in [2.45, 2.75) is 6.42 Å². The lowest BCUT2D eigenvalue weighted by Gasteiger charge is -2.26. The van der Waals surface area contributed by atoms with Crippen molar-refractivity contribution >= 4 is 23.7 Å². The quantitative estimate of drug-likeness (QED) is 0.428. The highest BCUT2D eigenvalue weighted by Gasteiger charge is 2.50. The largest absolute Gasteiger partial charge is 0.497 e. The predicted molar refractivity (Wildman–Crippen MR) is 105 cm³/mol. The van der Waals surface area contributed by atoms with Crippen molar-refractivity contribution in [2.24, 2.45) is 17.3 Å². The monoisotopic (exact) mass is 424 g/mol. The average molecular weight is 424 g/mol. The van der Waals surface area contributed by atoms with Crippen LogP contribution in [0.5, 0.6) is 0 Å². The number of rotatable bonds is 4. The second-order valence-electron chi connectivity index (χ2n) is 7.58. The Morgan fingerprint density at radius 3 is 2.81 bits per heavy atom. The summed E-state index contributed by atoms with van der Waals surface area (Å²) in [6.45, 7) is 0.379. The summed E-state index contributed by atoms with van der Waals surface area (Å²) >= 11 is 0. The number of methoxy groups -OCH3 is 2. The molecule has 1 aromatic heterocycles. The molecule has 160 valence electrons. The molecule has 3 amide bonds. The number of hydrogen-bond donors (Lipinski definition) is 1. The van der Waals surface area contributed by atoms with Crippen molar-refractivity contribution < 1.29 is 33.1 Å². The summed E-state index contributed by atoms with van der Waals surface area (Å²) in [5.74, 6) is 4.04. The lowest BCUT2D eigenvalue weighted by atomic mass is 9.86. The number of allylic oxidation sites excluding steroid dienone is 1. The minimum Gasteiger partial charge on any atom is -0.497 e. The number of furan rings is 1. The van der Waals surface area contributed by atoms with E-state index in [2.05, 4.69) is 21.9 Å². The van der Waals surface area contributed by atoms with Gasteiger partial charge in [0, 0.05) is 19.0 Å². The molecule has 31 heavy (non-hydrogen) atoms. The van der Waals surface area contributed by atoms with Gasteiger partial charge >= 0.3 is 5.97 Å². The second kappa shape index (κ2) is 7.80. The Bertz CT molecular complexity index is 1090. The fraction of sp³-hybridized carbons (Fsp3) is 0.364. The van der Waals surface area contributed by atoms with Gasteiger partial charge in [0.25, 0.3) is 0 Å². The number of nitrogens with zero attached hydrogens (tertiary/aromatic N) is 1. The molecule has 2 fully saturated rings. The summed E-state index contributed by atoms with van der Waals surface area (Å²) in [6.07, 6.45) is 5.33. The fourth-order valence-electron chi connectivity index (χ4n) is 3.99. The maximum absolute atomic E-state index is 13.0. The number of amides is 3. The van der Waals surface area contributed by atoms with Crippen LogP contribution in [-0.4, -0.2) is 55.9 Å². The summed E-state index contributed by atoms with van der Waals surface area (Å²) in [5.41, 5.74) is -1.41. The Balaban J connectivity index is 1.60. The molecule has 3 unspecified atom stereocenters. The first-order valence-corrected chi connectivity index (χ1v) is 9.63. The number of carbonyl (C=O) groups excluding carboxylic acids is 4. The van der Waals surface area contributed by atoms with Crippen LogP contribution in [0.1, 0.15) is 22.7 Å². The Kier molecular flexibility index (Phi) is 5.15. The van der Waals surface area contributed by atoms with Crippen LogP contribution in [0.4, 0.5) is 0 Å². The van der Waals surface area contributed by atoms with E-state index in [9.17, 15) is 19.2 Å². The maximum Gasteiger partial charge on any atom is 0.374 e. The normalized spacial score (nSPS) is 26.7. The molecule has 0 aromatic carbocycles. The molecule has 3 heterocycles. The van der Waals surface area contributed by atoms with Gasteiger partial charge in [-0.1, -0.05) is 12.0 Å². The maximum atomic E-state index is 13.0. The number of fused-ring (bicyclic) bond motifs is 1. The number of nitrogens with one attached hydrogen (secondary N) is 1. The number of carbonyl (C=O) groups is 4. The van der Waals surface area contributed by atoms with E-state index < -0.39 is 23.2 Å². The van der Waals surface area contributed by atoms with Crippen LogP contribution in [0.3, 0.4) is 0 Å². The second-order valence-corrected chi connectivity index (χ2v) is 7.58. The third-order valence-electron chi connectivity index (χ3n) is 5.60. The van der Waals surface area contributed by atoms with Crippen LogP contribution in [0, 0.1) is 29.1 Å². The zero-order valence-corrected chi connectivity index (χ0v) is 17.0. The predicted octanol–water partition coefficient (Wildman–Crippen LogP) is 0.625. The van der Waals surface area contributed by atoms with E-state index >= 15 is 0 Å². The van der Waals surface area contributed by atoms with Crippen molar-refractivity contribution in [3.05, 3.63) is 47.6 Å². The summed E-state index contributed by atoms with van der Waals surface area (Å²) in [4.78, 5) is 50.7. The number of imide groups is 1. The average Bonchev–Trinajstić information content (AvgIpc) is 3.43. The van der Waals surface area contributed by atoms with Gasteiger partial charge in [-0.05, 0) is 30.2 Å². The van der Waals surface area contributed by atoms with E-state index in [0.717, 1.165) is 0 Å². The van der Waals surface area contributed by atoms with Gasteiger partial charge in [-0.25, -0.2) is 4.79 Å². The van der Waals surface area contributed by atoms with E-state index in [4.69, 9.17) is 9.15 Å². The van der Waals surface area contributed by atoms with E-state index in [1.807, 2.05) is 12.2 Å². The first kappa shape index (κ1) is 20.5. The molecule has 0 bridgehead atoms. The van der Waals surface area contributed by atoms with E-state index in [1.54, 1.807) is 11.0 Å². The molecule has 9 heteroatoms. The van der Waals surface area contributed by atoms with Crippen LogP contribution >= 0.6 is 0 Å². The molecule has 0 radical (unpaired) electrons. The van der Waals surface area contributed by atoms with Crippen LogP contribution in [0.15, 0.2) is 40.5 Å². The van der Waals surface area contributed by atoms with Crippen LogP contribution < -0.4 is 5.32 Å². The number of likely N-dealkylation sites (tertiary alicyclic amines) is 1. The molecule has 0 spiro atoms. The first-order chi connectivity index (χ1) is 14.8. The minimum absolute atomic E-state index is 0.0286. The van der Waals surface area contributed by atoms with Gasteiger partial charge < -0.3 is 18.8 Å². The molecule has 9 nitrogen and oxygen atoms in total. The molecular formula is C22H20N2O7. The zero-order chi connectivity index (χ0) is 22.2. The Hall–Kier alpha value is -3.80. The molecular weight excluding hydrogens is 404 g/mol. The molecule has 4 rings (SSSR count). The highest BCUT2D eigenvalue weighted by molar-refractivity contribution is 6.08. The number of esters is 1. The molecule has 0 saturated carbocycles. The lowest BCUT2D eigenvalue weighted by molar-refractivity contribution is -0.133. The number of ether oxygens (including phenoxy) is 2. The minimum atomic E-state index is -1.41. The van der Waals surface area contributed by atoms with E-state index in [0.29, 0.717) is 12.3 Å². The molecule has 3 aliphatic rings. The molecule has 1 aliphatic carbocycles. The highest BCUT2D eigenvalue weighted by atomic mass is 16.5. The zero-order valence-electron chi connectivity index (χ0n) is 17.0. The fourth-order valence-corrected chi connectivity index (χ4v) is 3.99. The van der Waals surface area contributed by atoms with Gasteiger partial charge in [-0.15, -0.1) is 0 Å². The van der Waals surface area contributed by atoms with Gasteiger partial charge in [0.15, 0.2) is 5.76 Å². The SMILES string of the molecule is COC(=O)c1ccc(C#CC2(CN3CC4C=CC(OC)=CC4C3=O)CC(=O)NC2=O)o1.